The molecule has 19 heavy (non-hydrogen) atoms. The van der Waals surface area contributed by atoms with E-state index in [9.17, 15) is 13.2 Å². The predicted molar refractivity (Wildman–Crippen MR) is 75.0 cm³/mol. The molecule has 0 spiro atoms. The lowest BCUT2D eigenvalue weighted by molar-refractivity contribution is 0.0955. The molecule has 0 N–H and O–H groups in total. The van der Waals surface area contributed by atoms with Crippen LogP contribution in [0.5, 0.6) is 0 Å². The Balaban J connectivity index is 2.67. The van der Waals surface area contributed by atoms with Crippen LogP contribution in [0, 0.1) is 0 Å². The number of hydrogen-bond donors (Lipinski definition) is 0. The quantitative estimate of drug-likeness (QED) is 0.807. The van der Waals surface area contributed by atoms with Crippen molar-refractivity contribution in [3.05, 3.63) is 42.1 Å². The summed E-state index contributed by atoms with van der Waals surface area (Å²) < 4.78 is 22.1. The number of Topliss-reactive ketones (excluding diaryl/α,β-unsaturated/α-hetero) is 1. The molecule has 0 atom stereocenters. The van der Waals surface area contributed by atoms with Crippen LogP contribution >= 0.6 is 0 Å². The number of hydrogen-bond acceptors (Lipinski definition) is 4. The van der Waals surface area contributed by atoms with E-state index in [-0.39, 0.29) is 0 Å². The number of carbonyl (C=O) groups excluding carboxylic acids is 1. The Labute approximate surface area is 112 Å². The number of rotatable bonds is 3. The summed E-state index contributed by atoms with van der Waals surface area (Å²) >= 11 is 0. The highest BCUT2D eigenvalue weighted by Crippen LogP contribution is 2.25. The van der Waals surface area contributed by atoms with E-state index in [1.807, 2.05) is 12.1 Å². The van der Waals surface area contributed by atoms with Crippen molar-refractivity contribution in [1.29, 1.82) is 0 Å². The smallest absolute Gasteiger partial charge is 0.185 e. The molecule has 0 saturated carbocycles. The highest BCUT2D eigenvalue weighted by atomic mass is 32.2. The van der Waals surface area contributed by atoms with Crippen LogP contribution < -0.4 is 0 Å². The van der Waals surface area contributed by atoms with Gasteiger partial charge in [0.15, 0.2) is 15.6 Å². The first-order valence-electron chi connectivity index (χ1n) is 5.83. The zero-order valence-corrected chi connectivity index (χ0v) is 11.9. The standard InChI is InChI=1S/C14H15NO3S/c1-14(2,19(3,17)18)13(16)11-8-4-6-10-7-5-9-15-12(10)11/h4-9H,1-3H3. The van der Waals surface area contributed by atoms with Gasteiger partial charge in [-0.3, -0.25) is 9.78 Å². The molecule has 0 aliphatic rings. The summed E-state index contributed by atoms with van der Waals surface area (Å²) in [6.45, 7) is 2.85. The third-order valence-corrected chi connectivity index (χ3v) is 5.39. The molecule has 1 aromatic carbocycles. The first kappa shape index (κ1) is 13.7. The average Bonchev–Trinajstić information content (AvgIpc) is 2.36. The summed E-state index contributed by atoms with van der Waals surface area (Å²) in [4.78, 5) is 16.7. The van der Waals surface area contributed by atoms with E-state index in [2.05, 4.69) is 4.98 Å². The van der Waals surface area contributed by atoms with E-state index in [1.165, 1.54) is 13.8 Å². The van der Waals surface area contributed by atoms with E-state index in [0.29, 0.717) is 11.1 Å². The summed E-state index contributed by atoms with van der Waals surface area (Å²) in [5, 5.41) is 0.817. The van der Waals surface area contributed by atoms with E-state index in [1.54, 1.807) is 24.4 Å². The molecule has 0 bridgehead atoms. The lowest BCUT2D eigenvalue weighted by Gasteiger charge is -2.21. The molecular weight excluding hydrogens is 262 g/mol. The van der Waals surface area contributed by atoms with Gasteiger partial charge in [-0.1, -0.05) is 18.2 Å². The van der Waals surface area contributed by atoms with Crippen molar-refractivity contribution in [3.63, 3.8) is 0 Å². The average molecular weight is 277 g/mol. The van der Waals surface area contributed by atoms with Gasteiger partial charge in [0, 0.05) is 23.4 Å². The Morgan fingerprint density at radius 3 is 2.42 bits per heavy atom. The fourth-order valence-electron chi connectivity index (χ4n) is 1.78. The molecular formula is C14H15NO3S. The summed E-state index contributed by atoms with van der Waals surface area (Å²) in [5.41, 5.74) is 0.875. The molecule has 0 amide bonds. The molecule has 0 unspecified atom stereocenters. The largest absolute Gasteiger partial charge is 0.292 e. The maximum absolute atomic E-state index is 12.5. The van der Waals surface area contributed by atoms with Gasteiger partial charge in [-0.25, -0.2) is 8.42 Å². The Morgan fingerprint density at radius 1 is 1.16 bits per heavy atom. The van der Waals surface area contributed by atoms with E-state index in [0.717, 1.165) is 11.6 Å². The van der Waals surface area contributed by atoms with Crippen molar-refractivity contribution in [2.75, 3.05) is 6.26 Å². The van der Waals surface area contributed by atoms with Crippen LogP contribution in [0.4, 0.5) is 0 Å². The van der Waals surface area contributed by atoms with Crippen LogP contribution in [0.2, 0.25) is 0 Å². The SMILES string of the molecule is CC(C)(C(=O)c1cccc2cccnc12)S(C)(=O)=O. The monoisotopic (exact) mass is 277 g/mol. The van der Waals surface area contributed by atoms with Crippen LogP contribution in [-0.2, 0) is 9.84 Å². The molecule has 1 heterocycles. The summed E-state index contributed by atoms with van der Waals surface area (Å²) in [7, 11) is -3.50. The number of pyridine rings is 1. The highest BCUT2D eigenvalue weighted by molar-refractivity contribution is 7.92. The Morgan fingerprint density at radius 2 is 1.79 bits per heavy atom. The minimum absolute atomic E-state index is 0.341. The molecule has 0 radical (unpaired) electrons. The number of benzene rings is 1. The number of para-hydroxylation sites is 1. The molecule has 0 fully saturated rings. The van der Waals surface area contributed by atoms with Crippen molar-refractivity contribution in [2.24, 2.45) is 0 Å². The lowest BCUT2D eigenvalue weighted by atomic mass is 9.98. The van der Waals surface area contributed by atoms with Crippen LogP contribution in [0.1, 0.15) is 24.2 Å². The van der Waals surface area contributed by atoms with Gasteiger partial charge < -0.3 is 0 Å². The molecule has 2 rings (SSSR count). The molecule has 0 aliphatic heterocycles. The van der Waals surface area contributed by atoms with Crippen molar-refractivity contribution >= 4 is 26.5 Å². The first-order valence-corrected chi connectivity index (χ1v) is 7.72. The number of ketones is 1. The summed E-state index contributed by atoms with van der Waals surface area (Å²) in [6, 6.07) is 8.80. The molecule has 2 aromatic rings. The molecule has 0 saturated heterocycles. The number of carbonyl (C=O) groups is 1. The van der Waals surface area contributed by atoms with Gasteiger partial charge >= 0.3 is 0 Å². The van der Waals surface area contributed by atoms with Gasteiger partial charge in [0.05, 0.1) is 5.52 Å². The number of fused-ring (bicyclic) bond motifs is 1. The van der Waals surface area contributed by atoms with E-state index >= 15 is 0 Å². The van der Waals surface area contributed by atoms with Crippen molar-refractivity contribution in [1.82, 2.24) is 4.98 Å². The number of aromatic nitrogens is 1. The highest BCUT2D eigenvalue weighted by Gasteiger charge is 2.39. The summed E-state index contributed by atoms with van der Waals surface area (Å²) in [5.74, 6) is -0.431. The summed E-state index contributed by atoms with van der Waals surface area (Å²) in [6.07, 6.45) is 2.66. The molecule has 100 valence electrons. The maximum Gasteiger partial charge on any atom is 0.185 e. The lowest BCUT2D eigenvalue weighted by Crippen LogP contribution is -2.40. The van der Waals surface area contributed by atoms with Crippen molar-refractivity contribution in [3.8, 4) is 0 Å². The van der Waals surface area contributed by atoms with Gasteiger partial charge in [-0.15, -0.1) is 0 Å². The van der Waals surface area contributed by atoms with Crippen LogP contribution in [-0.4, -0.2) is 30.2 Å². The Hall–Kier alpha value is -1.75. The van der Waals surface area contributed by atoms with E-state index in [4.69, 9.17) is 0 Å². The first-order chi connectivity index (χ1) is 8.75. The third-order valence-electron chi connectivity index (χ3n) is 3.35. The van der Waals surface area contributed by atoms with Crippen molar-refractivity contribution < 1.29 is 13.2 Å². The topological polar surface area (TPSA) is 64.1 Å². The minimum atomic E-state index is -3.50. The molecule has 0 aliphatic carbocycles. The minimum Gasteiger partial charge on any atom is -0.292 e. The second-order valence-corrected chi connectivity index (χ2v) is 7.56. The normalized spacial score (nSPS) is 12.6. The Kier molecular flexibility index (Phi) is 3.18. The zero-order valence-electron chi connectivity index (χ0n) is 11.0. The molecule has 1 aromatic heterocycles. The van der Waals surface area contributed by atoms with Gasteiger partial charge in [0.2, 0.25) is 0 Å². The molecule has 5 heteroatoms. The maximum atomic E-state index is 12.5. The van der Waals surface area contributed by atoms with Gasteiger partial charge in [0.1, 0.15) is 4.75 Å². The predicted octanol–water partition coefficient (Wildman–Crippen LogP) is 2.24. The van der Waals surface area contributed by atoms with Gasteiger partial charge in [-0.05, 0) is 26.0 Å². The van der Waals surface area contributed by atoms with Gasteiger partial charge in [-0.2, -0.15) is 0 Å². The number of sulfone groups is 1. The Bertz CT molecular complexity index is 743. The zero-order chi connectivity index (χ0) is 14.3. The molecule has 4 nitrogen and oxygen atoms in total. The fraction of sp³-hybridized carbons (Fsp3) is 0.286. The number of nitrogens with zero attached hydrogens (tertiary/aromatic N) is 1. The van der Waals surface area contributed by atoms with E-state index < -0.39 is 20.4 Å². The van der Waals surface area contributed by atoms with Gasteiger partial charge in [0.25, 0.3) is 0 Å². The fourth-order valence-corrected chi connectivity index (χ4v) is 2.23. The van der Waals surface area contributed by atoms with Crippen LogP contribution in [0.3, 0.4) is 0 Å². The van der Waals surface area contributed by atoms with Crippen LogP contribution in [0.15, 0.2) is 36.5 Å². The second kappa shape index (κ2) is 4.42. The van der Waals surface area contributed by atoms with Crippen molar-refractivity contribution in [2.45, 2.75) is 18.6 Å². The third kappa shape index (κ3) is 2.26. The second-order valence-electron chi connectivity index (χ2n) is 4.99. The van der Waals surface area contributed by atoms with Crippen LogP contribution in [0.25, 0.3) is 10.9 Å².